The third-order valence-electron chi connectivity index (χ3n) is 3.04. The van der Waals surface area contributed by atoms with Crippen molar-refractivity contribution in [2.24, 2.45) is 0 Å². The lowest BCUT2D eigenvalue weighted by Gasteiger charge is -2.12. The molecule has 1 fully saturated rings. The first-order valence-electron chi connectivity index (χ1n) is 6.27. The zero-order chi connectivity index (χ0) is 13.7. The third kappa shape index (κ3) is 4.06. The van der Waals surface area contributed by atoms with E-state index in [9.17, 15) is 9.59 Å². The summed E-state index contributed by atoms with van der Waals surface area (Å²) in [6.45, 7) is 0.893. The number of hydrogen-bond acceptors (Lipinski definition) is 4. The summed E-state index contributed by atoms with van der Waals surface area (Å²) in [5, 5.41) is 15.5. The van der Waals surface area contributed by atoms with Crippen molar-refractivity contribution >= 4 is 11.9 Å². The van der Waals surface area contributed by atoms with Gasteiger partial charge in [0.05, 0.1) is 6.10 Å². The molecule has 7 heteroatoms. The van der Waals surface area contributed by atoms with E-state index in [-0.39, 0.29) is 12.0 Å². The molecule has 1 aromatic heterocycles. The van der Waals surface area contributed by atoms with Crippen molar-refractivity contribution in [1.29, 1.82) is 0 Å². The number of carboxylic acid groups (broad SMARTS) is 1. The average Bonchev–Trinajstić information content (AvgIpc) is 3.05. The zero-order valence-electron chi connectivity index (χ0n) is 10.5. The number of nitrogens with zero attached hydrogens (tertiary/aromatic N) is 2. The van der Waals surface area contributed by atoms with Crippen LogP contribution in [0.2, 0.25) is 0 Å². The smallest absolute Gasteiger partial charge is 0.332 e. The van der Waals surface area contributed by atoms with Crippen molar-refractivity contribution in [2.45, 2.75) is 38.0 Å². The fourth-order valence-electron chi connectivity index (χ4n) is 2.00. The van der Waals surface area contributed by atoms with Crippen LogP contribution in [0.1, 0.15) is 19.3 Å². The van der Waals surface area contributed by atoms with Crippen molar-refractivity contribution in [3.8, 4) is 0 Å². The summed E-state index contributed by atoms with van der Waals surface area (Å²) >= 11 is 0. The zero-order valence-corrected chi connectivity index (χ0v) is 10.5. The Labute approximate surface area is 110 Å². The molecule has 0 spiro atoms. The molecule has 0 aromatic carbocycles. The molecule has 1 saturated heterocycles. The second kappa shape index (κ2) is 6.33. The minimum atomic E-state index is -0.937. The van der Waals surface area contributed by atoms with Crippen molar-refractivity contribution in [3.63, 3.8) is 0 Å². The number of aromatic nitrogens is 2. The van der Waals surface area contributed by atoms with E-state index in [0.29, 0.717) is 32.4 Å². The Hall–Kier alpha value is -1.89. The fraction of sp³-hybridized carbons (Fsp3) is 0.583. The van der Waals surface area contributed by atoms with E-state index in [1.54, 1.807) is 23.1 Å². The normalized spacial score (nSPS) is 22.3. The van der Waals surface area contributed by atoms with Crippen LogP contribution in [-0.2, 0) is 20.9 Å². The van der Waals surface area contributed by atoms with E-state index >= 15 is 0 Å². The minimum Gasteiger partial charge on any atom is -0.479 e. The first-order chi connectivity index (χ1) is 9.15. The number of rotatable bonds is 6. The molecule has 2 N–H and O–H groups in total. The molecule has 104 valence electrons. The van der Waals surface area contributed by atoms with Crippen LogP contribution < -0.4 is 5.32 Å². The van der Waals surface area contributed by atoms with Gasteiger partial charge in [0.25, 0.3) is 0 Å². The Bertz CT molecular complexity index is 432. The Morgan fingerprint density at radius 1 is 1.47 bits per heavy atom. The first kappa shape index (κ1) is 13.5. The molecule has 2 rings (SSSR count). The number of amides is 1. The van der Waals surface area contributed by atoms with Crippen LogP contribution in [0, 0.1) is 0 Å². The largest absolute Gasteiger partial charge is 0.479 e. The van der Waals surface area contributed by atoms with Crippen molar-refractivity contribution in [2.75, 3.05) is 6.54 Å². The number of aryl methyl sites for hydroxylation is 1. The molecular weight excluding hydrogens is 250 g/mol. The number of carbonyl (C=O) groups is 2. The van der Waals surface area contributed by atoms with Gasteiger partial charge in [-0.05, 0) is 18.9 Å². The van der Waals surface area contributed by atoms with Gasteiger partial charge in [0.2, 0.25) is 5.91 Å². The van der Waals surface area contributed by atoms with Gasteiger partial charge in [0.1, 0.15) is 0 Å². The molecule has 1 aromatic rings. The summed E-state index contributed by atoms with van der Waals surface area (Å²) in [5.41, 5.74) is 0. The second-order valence-corrected chi connectivity index (χ2v) is 4.49. The molecule has 0 radical (unpaired) electrons. The number of nitrogens with one attached hydrogen (secondary N) is 1. The third-order valence-corrected chi connectivity index (χ3v) is 3.04. The maximum Gasteiger partial charge on any atom is 0.332 e. The Kier molecular flexibility index (Phi) is 4.51. The standard InChI is InChI=1S/C12H17N3O4/c16-11(4-7-15-6-1-5-14-15)13-8-9-2-3-10(19-9)12(17)18/h1,5-6,9-10H,2-4,7-8H2,(H,13,16)(H,17,18). The number of aliphatic carboxylic acids is 1. The molecule has 19 heavy (non-hydrogen) atoms. The van der Waals surface area contributed by atoms with Crippen molar-refractivity contribution < 1.29 is 19.4 Å². The second-order valence-electron chi connectivity index (χ2n) is 4.49. The summed E-state index contributed by atoms with van der Waals surface area (Å²) in [6, 6.07) is 1.80. The lowest BCUT2D eigenvalue weighted by Crippen LogP contribution is -2.33. The maximum atomic E-state index is 11.6. The van der Waals surface area contributed by atoms with Gasteiger partial charge in [-0.1, -0.05) is 0 Å². The Morgan fingerprint density at radius 2 is 2.32 bits per heavy atom. The van der Waals surface area contributed by atoms with Crippen molar-refractivity contribution in [1.82, 2.24) is 15.1 Å². The number of carboxylic acids is 1. The molecule has 0 aliphatic carbocycles. The first-order valence-corrected chi connectivity index (χ1v) is 6.27. The molecule has 2 unspecified atom stereocenters. The van der Waals surface area contributed by atoms with Gasteiger partial charge in [0, 0.05) is 31.9 Å². The number of carbonyl (C=O) groups excluding carboxylic acids is 1. The molecule has 1 amide bonds. The van der Waals surface area contributed by atoms with Gasteiger partial charge in [-0.25, -0.2) is 4.79 Å². The molecule has 0 saturated carbocycles. The lowest BCUT2D eigenvalue weighted by molar-refractivity contribution is -0.149. The quantitative estimate of drug-likeness (QED) is 0.758. The molecule has 2 atom stereocenters. The van der Waals surface area contributed by atoms with E-state index in [4.69, 9.17) is 9.84 Å². The SMILES string of the molecule is O=C(CCn1cccn1)NCC1CCC(C(=O)O)O1. The predicted octanol–water partition coefficient (Wildman–Crippen LogP) is 0.0216. The van der Waals surface area contributed by atoms with E-state index in [1.165, 1.54) is 0 Å². The van der Waals surface area contributed by atoms with Crippen LogP contribution in [-0.4, -0.2) is 45.5 Å². The van der Waals surface area contributed by atoms with E-state index in [2.05, 4.69) is 10.4 Å². The highest BCUT2D eigenvalue weighted by atomic mass is 16.5. The van der Waals surface area contributed by atoms with Gasteiger partial charge in [0.15, 0.2) is 6.10 Å². The predicted molar refractivity (Wildman–Crippen MR) is 65.4 cm³/mol. The van der Waals surface area contributed by atoms with Crippen LogP contribution in [0.15, 0.2) is 18.5 Å². The fourth-order valence-corrected chi connectivity index (χ4v) is 2.00. The molecule has 1 aliphatic heterocycles. The van der Waals surface area contributed by atoms with E-state index in [0.717, 1.165) is 0 Å². The molecule has 0 bridgehead atoms. The van der Waals surface area contributed by atoms with Crippen molar-refractivity contribution in [3.05, 3.63) is 18.5 Å². The molecule has 2 heterocycles. The van der Waals surface area contributed by atoms with Gasteiger partial charge < -0.3 is 15.2 Å². The van der Waals surface area contributed by atoms with E-state index < -0.39 is 12.1 Å². The number of hydrogen-bond donors (Lipinski definition) is 2. The van der Waals surface area contributed by atoms with E-state index in [1.807, 2.05) is 0 Å². The summed E-state index contributed by atoms with van der Waals surface area (Å²) < 4.78 is 6.98. The number of ether oxygens (including phenoxy) is 1. The molecular formula is C12H17N3O4. The Morgan fingerprint density at radius 3 is 2.95 bits per heavy atom. The van der Waals surface area contributed by atoms with Crippen LogP contribution in [0.5, 0.6) is 0 Å². The monoisotopic (exact) mass is 267 g/mol. The Balaban J connectivity index is 1.63. The summed E-state index contributed by atoms with van der Waals surface area (Å²) in [5.74, 6) is -1.02. The van der Waals surface area contributed by atoms with Crippen LogP contribution >= 0.6 is 0 Å². The molecule has 1 aliphatic rings. The van der Waals surface area contributed by atoms with Gasteiger partial charge in [-0.3, -0.25) is 9.48 Å². The van der Waals surface area contributed by atoms with Gasteiger partial charge in [-0.15, -0.1) is 0 Å². The molecule has 7 nitrogen and oxygen atoms in total. The highest BCUT2D eigenvalue weighted by molar-refractivity contribution is 5.75. The highest BCUT2D eigenvalue weighted by Crippen LogP contribution is 2.19. The van der Waals surface area contributed by atoms with Crippen LogP contribution in [0.3, 0.4) is 0 Å². The summed E-state index contributed by atoms with van der Waals surface area (Å²) in [4.78, 5) is 22.3. The maximum absolute atomic E-state index is 11.6. The average molecular weight is 267 g/mol. The topological polar surface area (TPSA) is 93.5 Å². The lowest BCUT2D eigenvalue weighted by atomic mass is 10.2. The van der Waals surface area contributed by atoms with Gasteiger partial charge >= 0.3 is 5.97 Å². The van der Waals surface area contributed by atoms with Crippen LogP contribution in [0.4, 0.5) is 0 Å². The van der Waals surface area contributed by atoms with Gasteiger partial charge in [-0.2, -0.15) is 5.10 Å². The van der Waals surface area contributed by atoms with Crippen LogP contribution in [0.25, 0.3) is 0 Å². The summed E-state index contributed by atoms with van der Waals surface area (Å²) in [6.07, 6.45) is 4.04. The highest BCUT2D eigenvalue weighted by Gasteiger charge is 2.30. The minimum absolute atomic E-state index is 0.0853. The summed E-state index contributed by atoms with van der Waals surface area (Å²) in [7, 11) is 0.